The monoisotopic (exact) mass is 349 g/mol. The highest BCUT2D eigenvalue weighted by Crippen LogP contribution is 2.35. The molecule has 0 bridgehead atoms. The van der Waals surface area contributed by atoms with Crippen molar-refractivity contribution in [1.29, 1.82) is 5.26 Å². The van der Waals surface area contributed by atoms with Gasteiger partial charge in [-0.1, -0.05) is 12.1 Å². The van der Waals surface area contributed by atoms with Gasteiger partial charge in [0.15, 0.2) is 0 Å². The Kier molecular flexibility index (Phi) is 4.80. The Labute approximate surface area is 155 Å². The summed E-state index contributed by atoms with van der Waals surface area (Å²) < 4.78 is 2.06. The van der Waals surface area contributed by atoms with Crippen LogP contribution in [0, 0.1) is 11.3 Å². The minimum atomic E-state index is 0.353. The first-order chi connectivity index (χ1) is 12.7. The van der Waals surface area contributed by atoms with Gasteiger partial charge in [-0.25, -0.2) is 0 Å². The summed E-state index contributed by atoms with van der Waals surface area (Å²) in [5, 5.41) is 13.6. The molecule has 1 saturated heterocycles. The summed E-state index contributed by atoms with van der Waals surface area (Å²) in [7, 11) is 2.07. The first kappa shape index (κ1) is 17.3. The normalized spacial score (nSPS) is 22.6. The Morgan fingerprint density at radius 1 is 1.23 bits per heavy atom. The quantitative estimate of drug-likeness (QED) is 0.854. The van der Waals surface area contributed by atoms with Crippen LogP contribution in [-0.2, 0) is 13.5 Å². The molecular weight excluding hydrogens is 322 g/mol. The van der Waals surface area contributed by atoms with Gasteiger partial charge < -0.3 is 0 Å². The highest BCUT2D eigenvalue weighted by molar-refractivity contribution is 5.34. The van der Waals surface area contributed by atoms with Crippen molar-refractivity contribution in [3.8, 4) is 6.07 Å². The third-order valence-electron chi connectivity index (χ3n) is 6.18. The average molecular weight is 349 g/mol. The molecule has 0 saturated carbocycles. The Bertz CT molecular complexity index is 810. The number of piperazine rings is 1. The molecule has 0 N–H and O–H groups in total. The Hall–Kier alpha value is -2.16. The Balaban J connectivity index is 1.42. The van der Waals surface area contributed by atoms with Crippen LogP contribution in [-0.4, -0.2) is 45.8 Å². The predicted molar refractivity (Wildman–Crippen MR) is 102 cm³/mol. The van der Waals surface area contributed by atoms with Crippen molar-refractivity contribution >= 4 is 0 Å². The van der Waals surface area contributed by atoms with Crippen LogP contribution in [0.3, 0.4) is 0 Å². The second-order valence-electron chi connectivity index (χ2n) is 7.56. The van der Waals surface area contributed by atoms with Crippen LogP contribution in [0.5, 0.6) is 0 Å². The van der Waals surface area contributed by atoms with Gasteiger partial charge in [0.2, 0.25) is 0 Å². The molecule has 0 spiro atoms. The summed E-state index contributed by atoms with van der Waals surface area (Å²) in [6.07, 6.45) is 5.75. The molecular formula is C21H27N5. The maximum Gasteiger partial charge on any atom is 0.0991 e. The number of hydrogen-bond acceptors (Lipinski definition) is 4. The lowest BCUT2D eigenvalue weighted by Crippen LogP contribution is -2.48. The van der Waals surface area contributed by atoms with E-state index in [1.807, 2.05) is 18.2 Å². The van der Waals surface area contributed by atoms with Crippen molar-refractivity contribution in [1.82, 2.24) is 19.6 Å². The fourth-order valence-electron chi connectivity index (χ4n) is 4.58. The molecule has 5 nitrogen and oxygen atoms in total. The standard InChI is InChI=1S/C21H27N5/c1-16(18-6-3-5-17(13-18)14-22)25-9-11-26(12-10-25)21-8-4-7-20-19(21)15-23-24(20)2/h3,5-6,13,15-16,21H,4,7-12H2,1-2H3/t16-,21-/m0/s1. The van der Waals surface area contributed by atoms with Crippen LogP contribution < -0.4 is 0 Å². The fraction of sp³-hybridized carbons (Fsp3) is 0.524. The van der Waals surface area contributed by atoms with Crippen molar-refractivity contribution in [2.24, 2.45) is 7.05 Å². The van der Waals surface area contributed by atoms with E-state index in [0.29, 0.717) is 12.1 Å². The molecule has 4 rings (SSSR count). The van der Waals surface area contributed by atoms with Crippen molar-refractivity contribution in [3.05, 3.63) is 52.8 Å². The van der Waals surface area contributed by atoms with E-state index in [9.17, 15) is 0 Å². The molecule has 1 aliphatic heterocycles. The van der Waals surface area contributed by atoms with E-state index in [-0.39, 0.29) is 0 Å². The first-order valence-electron chi connectivity index (χ1n) is 9.66. The number of aryl methyl sites for hydroxylation is 1. The number of fused-ring (bicyclic) bond motifs is 1. The summed E-state index contributed by atoms with van der Waals surface area (Å²) >= 11 is 0. The van der Waals surface area contributed by atoms with Crippen LogP contribution in [0.2, 0.25) is 0 Å². The molecule has 0 unspecified atom stereocenters. The molecule has 2 aromatic rings. The van der Waals surface area contributed by atoms with Gasteiger partial charge in [0.05, 0.1) is 17.8 Å². The van der Waals surface area contributed by atoms with Gasteiger partial charge in [-0.3, -0.25) is 14.5 Å². The van der Waals surface area contributed by atoms with Crippen LogP contribution in [0.15, 0.2) is 30.5 Å². The Morgan fingerprint density at radius 3 is 2.81 bits per heavy atom. The van der Waals surface area contributed by atoms with E-state index >= 15 is 0 Å². The second-order valence-corrected chi connectivity index (χ2v) is 7.56. The Morgan fingerprint density at radius 2 is 2.04 bits per heavy atom. The van der Waals surface area contributed by atoms with Crippen LogP contribution in [0.4, 0.5) is 0 Å². The third kappa shape index (κ3) is 3.15. The molecule has 1 aromatic heterocycles. The number of nitrogens with zero attached hydrogens (tertiary/aromatic N) is 5. The molecule has 136 valence electrons. The average Bonchev–Trinajstić information content (AvgIpc) is 3.09. The zero-order valence-electron chi connectivity index (χ0n) is 15.7. The van der Waals surface area contributed by atoms with Crippen LogP contribution >= 0.6 is 0 Å². The van der Waals surface area contributed by atoms with Crippen LogP contribution in [0.25, 0.3) is 0 Å². The maximum atomic E-state index is 9.14. The smallest absolute Gasteiger partial charge is 0.0991 e. The fourth-order valence-corrected chi connectivity index (χ4v) is 4.58. The van der Waals surface area contributed by atoms with E-state index in [0.717, 1.165) is 38.2 Å². The maximum absolute atomic E-state index is 9.14. The van der Waals surface area contributed by atoms with E-state index in [2.05, 4.69) is 51.9 Å². The summed E-state index contributed by atoms with van der Waals surface area (Å²) in [5.41, 5.74) is 4.86. The van der Waals surface area contributed by atoms with Gasteiger partial charge in [0.25, 0.3) is 0 Å². The lowest BCUT2D eigenvalue weighted by molar-refractivity contribution is 0.0670. The summed E-state index contributed by atoms with van der Waals surface area (Å²) in [4.78, 5) is 5.19. The molecule has 0 amide bonds. The highest BCUT2D eigenvalue weighted by Gasteiger charge is 2.31. The van der Waals surface area contributed by atoms with E-state index < -0.39 is 0 Å². The number of aromatic nitrogens is 2. The second kappa shape index (κ2) is 7.22. The van der Waals surface area contributed by atoms with Crippen molar-refractivity contribution < 1.29 is 0 Å². The molecule has 1 aliphatic carbocycles. The summed E-state index contributed by atoms with van der Waals surface area (Å²) in [6.45, 7) is 6.60. The number of rotatable bonds is 3. The zero-order valence-corrected chi connectivity index (χ0v) is 15.7. The van der Waals surface area contributed by atoms with Gasteiger partial charge in [-0.05, 0) is 43.9 Å². The molecule has 5 heteroatoms. The summed E-state index contributed by atoms with van der Waals surface area (Å²) in [6, 6.07) is 11.2. The molecule has 2 heterocycles. The number of nitriles is 1. The SMILES string of the molecule is C[C@@H](c1cccc(C#N)c1)N1CCN([C@H]2CCCc3c2cnn3C)CC1. The van der Waals surface area contributed by atoms with Gasteiger partial charge in [0, 0.05) is 56.6 Å². The van der Waals surface area contributed by atoms with Crippen LogP contribution in [0.1, 0.15) is 54.2 Å². The molecule has 0 radical (unpaired) electrons. The topological polar surface area (TPSA) is 48.1 Å². The number of hydrogen-bond donors (Lipinski definition) is 0. The summed E-state index contributed by atoms with van der Waals surface area (Å²) in [5.74, 6) is 0. The van der Waals surface area contributed by atoms with Crippen molar-refractivity contribution in [3.63, 3.8) is 0 Å². The van der Waals surface area contributed by atoms with E-state index in [1.165, 1.54) is 29.7 Å². The van der Waals surface area contributed by atoms with Gasteiger partial charge in [0.1, 0.15) is 0 Å². The van der Waals surface area contributed by atoms with Gasteiger partial charge >= 0.3 is 0 Å². The lowest BCUT2D eigenvalue weighted by Gasteiger charge is -2.42. The van der Waals surface area contributed by atoms with Crippen molar-refractivity contribution in [2.75, 3.05) is 26.2 Å². The molecule has 1 aromatic carbocycles. The third-order valence-corrected chi connectivity index (χ3v) is 6.18. The largest absolute Gasteiger partial charge is 0.294 e. The van der Waals surface area contributed by atoms with Crippen molar-refractivity contribution in [2.45, 2.75) is 38.3 Å². The molecule has 2 aliphatic rings. The zero-order chi connectivity index (χ0) is 18.1. The molecule has 1 fully saturated rings. The van der Waals surface area contributed by atoms with E-state index in [4.69, 9.17) is 5.26 Å². The number of benzene rings is 1. The lowest BCUT2D eigenvalue weighted by atomic mass is 9.91. The first-order valence-corrected chi connectivity index (χ1v) is 9.66. The minimum absolute atomic E-state index is 0.353. The minimum Gasteiger partial charge on any atom is -0.294 e. The van der Waals surface area contributed by atoms with E-state index in [1.54, 1.807) is 0 Å². The van der Waals surface area contributed by atoms with Gasteiger partial charge in [-0.15, -0.1) is 0 Å². The predicted octanol–water partition coefficient (Wildman–Crippen LogP) is 3.05. The van der Waals surface area contributed by atoms with Gasteiger partial charge in [-0.2, -0.15) is 10.4 Å². The molecule has 26 heavy (non-hydrogen) atoms. The highest BCUT2D eigenvalue weighted by atomic mass is 15.3. The molecule has 2 atom stereocenters.